The van der Waals surface area contributed by atoms with E-state index in [-0.39, 0.29) is 30.1 Å². The first-order valence-electron chi connectivity index (χ1n) is 8.27. The third-order valence-electron chi connectivity index (χ3n) is 2.98. The largest absolute Gasteiger partial charge is 0.444 e. The molecule has 8 nitrogen and oxygen atoms in total. The molecule has 0 unspecified atom stereocenters. The maximum Gasteiger partial charge on any atom is 0.407 e. The third kappa shape index (κ3) is 10.8. The van der Waals surface area contributed by atoms with Crippen LogP contribution < -0.4 is 16.0 Å². The van der Waals surface area contributed by atoms with Crippen LogP contribution in [0.25, 0.3) is 0 Å². The molecule has 0 atom stereocenters. The van der Waals surface area contributed by atoms with E-state index in [1.54, 1.807) is 10.9 Å². The van der Waals surface area contributed by atoms with Crippen molar-refractivity contribution in [2.24, 2.45) is 12.0 Å². The van der Waals surface area contributed by atoms with Gasteiger partial charge in [-0.25, -0.2) is 9.79 Å². The van der Waals surface area contributed by atoms with E-state index in [1.165, 1.54) is 0 Å². The van der Waals surface area contributed by atoms with Crippen molar-refractivity contribution in [3.63, 3.8) is 0 Å². The van der Waals surface area contributed by atoms with Crippen LogP contribution in [0, 0.1) is 0 Å². The van der Waals surface area contributed by atoms with Crippen molar-refractivity contribution in [3.8, 4) is 0 Å². The van der Waals surface area contributed by atoms with Crippen molar-refractivity contribution >= 4 is 36.0 Å². The van der Waals surface area contributed by atoms with Gasteiger partial charge in [0.25, 0.3) is 0 Å². The zero-order chi connectivity index (χ0) is 18.0. The average Bonchev–Trinajstić information content (AvgIpc) is 2.87. The number of carbonyl (C=O) groups excluding carboxylic acids is 1. The van der Waals surface area contributed by atoms with Crippen molar-refractivity contribution in [1.29, 1.82) is 0 Å². The monoisotopic (exact) mass is 466 g/mol. The number of carbonyl (C=O) groups is 1. The average molecular weight is 466 g/mol. The number of guanidine groups is 1. The van der Waals surface area contributed by atoms with E-state index in [0.717, 1.165) is 24.6 Å². The van der Waals surface area contributed by atoms with Gasteiger partial charge in [-0.3, -0.25) is 4.68 Å². The lowest BCUT2D eigenvalue weighted by Crippen LogP contribution is -2.39. The fourth-order valence-corrected chi connectivity index (χ4v) is 1.86. The molecule has 0 aliphatic rings. The highest BCUT2D eigenvalue weighted by Gasteiger charge is 2.15. The Morgan fingerprint density at radius 3 is 2.52 bits per heavy atom. The number of aromatic nitrogens is 2. The summed E-state index contributed by atoms with van der Waals surface area (Å²) in [5.74, 6) is 0.746. The van der Waals surface area contributed by atoms with E-state index >= 15 is 0 Å². The lowest BCUT2D eigenvalue weighted by Gasteiger charge is -2.19. The molecule has 25 heavy (non-hydrogen) atoms. The predicted octanol–water partition coefficient (Wildman–Crippen LogP) is 2.01. The van der Waals surface area contributed by atoms with Crippen LogP contribution in [0.3, 0.4) is 0 Å². The first-order chi connectivity index (χ1) is 11.3. The normalized spacial score (nSPS) is 11.5. The van der Waals surface area contributed by atoms with Gasteiger partial charge < -0.3 is 20.7 Å². The van der Waals surface area contributed by atoms with Crippen LogP contribution in [0.1, 0.15) is 39.8 Å². The minimum absolute atomic E-state index is 0. The molecule has 144 valence electrons. The molecule has 1 heterocycles. The maximum absolute atomic E-state index is 11.5. The van der Waals surface area contributed by atoms with E-state index in [9.17, 15) is 4.79 Å². The maximum atomic E-state index is 11.5. The molecule has 1 amide bonds. The number of nitrogens with zero attached hydrogens (tertiary/aromatic N) is 3. The van der Waals surface area contributed by atoms with E-state index in [1.807, 2.05) is 40.8 Å². The molecule has 0 bridgehead atoms. The summed E-state index contributed by atoms with van der Waals surface area (Å²) in [7, 11) is 1.90. The Labute approximate surface area is 167 Å². The number of ether oxygens (including phenoxy) is 1. The molecule has 0 radical (unpaired) electrons. The number of aliphatic imine (C=N–C) groups is 1. The van der Waals surface area contributed by atoms with Crippen molar-refractivity contribution in [2.75, 3.05) is 19.6 Å². The van der Waals surface area contributed by atoms with Crippen LogP contribution >= 0.6 is 24.0 Å². The van der Waals surface area contributed by atoms with Gasteiger partial charge in [0.1, 0.15) is 5.60 Å². The summed E-state index contributed by atoms with van der Waals surface area (Å²) in [6.07, 6.45) is 2.14. The second-order valence-electron chi connectivity index (χ2n) is 6.35. The Morgan fingerprint density at radius 1 is 1.28 bits per heavy atom. The summed E-state index contributed by atoms with van der Waals surface area (Å²) in [4.78, 5) is 16.0. The zero-order valence-corrected chi connectivity index (χ0v) is 18.1. The fourth-order valence-electron chi connectivity index (χ4n) is 1.86. The lowest BCUT2D eigenvalue weighted by molar-refractivity contribution is 0.0527. The first-order valence-corrected chi connectivity index (χ1v) is 8.27. The molecule has 0 aliphatic carbocycles. The van der Waals surface area contributed by atoms with E-state index < -0.39 is 5.60 Å². The van der Waals surface area contributed by atoms with Gasteiger partial charge in [0.2, 0.25) is 0 Å². The Kier molecular flexibility index (Phi) is 11.2. The number of alkyl carbamates (subject to hydrolysis) is 1. The van der Waals surface area contributed by atoms with Gasteiger partial charge in [-0.05, 0) is 40.2 Å². The van der Waals surface area contributed by atoms with Gasteiger partial charge in [-0.15, -0.1) is 24.0 Å². The molecule has 9 heteroatoms. The van der Waals surface area contributed by atoms with Crippen LogP contribution in [0.5, 0.6) is 0 Å². The molecule has 0 saturated carbocycles. The summed E-state index contributed by atoms with van der Waals surface area (Å²) in [6, 6.07) is 1.94. The fraction of sp³-hybridized carbons (Fsp3) is 0.688. The summed E-state index contributed by atoms with van der Waals surface area (Å²) in [5, 5.41) is 13.3. The quantitative estimate of drug-likeness (QED) is 0.248. The predicted molar refractivity (Wildman–Crippen MR) is 110 cm³/mol. The molecule has 0 saturated heterocycles. The van der Waals surface area contributed by atoms with Gasteiger partial charge in [0.05, 0.1) is 12.2 Å². The minimum Gasteiger partial charge on any atom is -0.444 e. The highest BCUT2D eigenvalue weighted by molar-refractivity contribution is 14.0. The summed E-state index contributed by atoms with van der Waals surface area (Å²) < 4.78 is 6.98. The third-order valence-corrected chi connectivity index (χ3v) is 2.98. The second kappa shape index (κ2) is 11.9. The Hall–Kier alpha value is -1.52. The van der Waals surface area contributed by atoms with Crippen molar-refractivity contribution < 1.29 is 9.53 Å². The minimum atomic E-state index is -0.473. The standard InChI is InChI=1S/C16H30N6O2.HI/c1-6-17-14(20-12-13-8-11-21-22(13)5)18-9-7-10-19-15(23)24-16(2,3)4;/h8,11H,6-7,9-10,12H2,1-5H3,(H,19,23)(H2,17,18,20);1H. The first kappa shape index (κ1) is 23.5. The molecular formula is C16H31IN6O2. The number of hydrogen-bond acceptors (Lipinski definition) is 4. The van der Waals surface area contributed by atoms with Crippen molar-refractivity contribution in [2.45, 2.75) is 46.3 Å². The van der Waals surface area contributed by atoms with Crippen molar-refractivity contribution in [3.05, 3.63) is 18.0 Å². The lowest BCUT2D eigenvalue weighted by atomic mass is 10.2. The number of amides is 1. The van der Waals surface area contributed by atoms with E-state index in [2.05, 4.69) is 26.0 Å². The number of halogens is 1. The molecule has 3 N–H and O–H groups in total. The number of nitrogens with one attached hydrogen (secondary N) is 3. The number of hydrogen-bond donors (Lipinski definition) is 3. The Bertz CT molecular complexity index is 539. The smallest absolute Gasteiger partial charge is 0.407 e. The Morgan fingerprint density at radius 2 is 1.96 bits per heavy atom. The Balaban J connectivity index is 0.00000576. The van der Waals surface area contributed by atoms with Gasteiger partial charge in [-0.1, -0.05) is 0 Å². The highest BCUT2D eigenvalue weighted by atomic mass is 127. The van der Waals surface area contributed by atoms with Gasteiger partial charge in [-0.2, -0.15) is 5.10 Å². The molecule has 1 rings (SSSR count). The summed E-state index contributed by atoms with van der Waals surface area (Å²) >= 11 is 0. The highest BCUT2D eigenvalue weighted by Crippen LogP contribution is 2.06. The van der Waals surface area contributed by atoms with Gasteiger partial charge >= 0.3 is 6.09 Å². The molecule has 0 aliphatic heterocycles. The molecule has 0 fully saturated rings. The van der Waals surface area contributed by atoms with E-state index in [4.69, 9.17) is 4.74 Å². The summed E-state index contributed by atoms with van der Waals surface area (Å²) in [5.41, 5.74) is 0.567. The van der Waals surface area contributed by atoms with E-state index in [0.29, 0.717) is 19.6 Å². The topological polar surface area (TPSA) is 92.6 Å². The van der Waals surface area contributed by atoms with Crippen LogP contribution in [-0.4, -0.2) is 47.1 Å². The van der Waals surface area contributed by atoms with Crippen LogP contribution in [0.15, 0.2) is 17.3 Å². The molecule has 1 aromatic heterocycles. The molecule has 1 aromatic rings. The SMILES string of the molecule is CCNC(=NCc1ccnn1C)NCCCNC(=O)OC(C)(C)C.I. The van der Waals surface area contributed by atoms with Crippen LogP contribution in [0.2, 0.25) is 0 Å². The second-order valence-corrected chi connectivity index (χ2v) is 6.35. The van der Waals surface area contributed by atoms with Crippen LogP contribution in [0.4, 0.5) is 4.79 Å². The van der Waals surface area contributed by atoms with Crippen LogP contribution in [-0.2, 0) is 18.3 Å². The van der Waals surface area contributed by atoms with Gasteiger partial charge in [0.15, 0.2) is 5.96 Å². The molecular weight excluding hydrogens is 435 g/mol. The molecule has 0 spiro atoms. The number of aryl methyl sites for hydroxylation is 1. The summed E-state index contributed by atoms with van der Waals surface area (Å²) in [6.45, 7) is 10.1. The number of rotatable bonds is 7. The zero-order valence-electron chi connectivity index (χ0n) is 15.8. The van der Waals surface area contributed by atoms with Gasteiger partial charge in [0, 0.05) is 32.9 Å². The molecule has 0 aromatic carbocycles. The van der Waals surface area contributed by atoms with Crippen molar-refractivity contribution in [1.82, 2.24) is 25.7 Å².